The van der Waals surface area contributed by atoms with E-state index in [4.69, 9.17) is 10.00 Å². The van der Waals surface area contributed by atoms with Gasteiger partial charge in [-0.2, -0.15) is 5.26 Å². The van der Waals surface area contributed by atoms with Crippen molar-refractivity contribution in [3.8, 4) is 11.8 Å². The van der Waals surface area contributed by atoms with Crippen LogP contribution < -0.4 is 26.2 Å². The molecule has 6 nitrogen and oxygen atoms in total. The number of nitrogens with zero attached hydrogens (tertiary/aromatic N) is 1. The van der Waals surface area contributed by atoms with Crippen LogP contribution >= 0.6 is 0 Å². The summed E-state index contributed by atoms with van der Waals surface area (Å²) in [6.07, 6.45) is 5.97. The summed E-state index contributed by atoms with van der Waals surface area (Å²) in [5.74, 6) is 0.590. The summed E-state index contributed by atoms with van der Waals surface area (Å²) < 4.78 is 5.49. The maximum absolute atomic E-state index is 11.8. The lowest BCUT2D eigenvalue weighted by atomic mass is 10.1. The van der Waals surface area contributed by atoms with Crippen LogP contribution in [0.2, 0.25) is 0 Å². The van der Waals surface area contributed by atoms with Crippen molar-refractivity contribution in [2.24, 2.45) is 0 Å². The second kappa shape index (κ2) is 8.31. The van der Waals surface area contributed by atoms with Gasteiger partial charge in [0.1, 0.15) is 17.1 Å². The molecule has 6 heteroatoms. The molecule has 0 radical (unpaired) electrons. The Morgan fingerprint density at radius 3 is 2.68 bits per heavy atom. The molecule has 0 aliphatic rings. The van der Waals surface area contributed by atoms with Crippen LogP contribution in [0.4, 0.5) is 17.1 Å². The van der Waals surface area contributed by atoms with Gasteiger partial charge in [-0.1, -0.05) is 24.8 Å². The molecule has 2 aromatic carbocycles. The molecule has 2 aromatic rings. The number of hydrogen-bond acceptors (Lipinski definition) is 6. The van der Waals surface area contributed by atoms with Gasteiger partial charge >= 0.3 is 0 Å². The predicted octanol–water partition coefficient (Wildman–Crippen LogP) is 2.99. The number of rotatable bonds is 8. The highest BCUT2D eigenvalue weighted by Crippen LogP contribution is 2.28. The molecule has 0 spiro atoms. The van der Waals surface area contributed by atoms with Crippen LogP contribution in [-0.4, -0.2) is 6.61 Å². The molecule has 2 N–H and O–H groups in total. The summed E-state index contributed by atoms with van der Waals surface area (Å²) >= 11 is 0. The topological polar surface area (TPSA) is 91.2 Å². The Kier molecular flexibility index (Phi) is 5.91. The molecule has 0 aromatic heterocycles. The van der Waals surface area contributed by atoms with Gasteiger partial charge in [-0.05, 0) is 31.2 Å². The number of allylic oxidation sites excluding steroid dienone is 4. The van der Waals surface area contributed by atoms with E-state index in [0.29, 0.717) is 23.6 Å². The number of nitrogens with one attached hydrogen (secondary N) is 2. The van der Waals surface area contributed by atoms with Crippen molar-refractivity contribution in [2.75, 3.05) is 17.2 Å². The SMILES string of the molecule is C=C/C(C#N)=C\C=C\Nc1c(Nc2ccccc2OCC)c(=O)c1=O. The zero-order valence-electron chi connectivity index (χ0n) is 13.7. The fourth-order valence-electron chi connectivity index (χ4n) is 2.07. The van der Waals surface area contributed by atoms with E-state index in [-0.39, 0.29) is 11.4 Å². The van der Waals surface area contributed by atoms with E-state index >= 15 is 0 Å². The minimum absolute atomic E-state index is 0.165. The van der Waals surface area contributed by atoms with E-state index in [1.807, 2.05) is 19.1 Å². The van der Waals surface area contributed by atoms with Crippen molar-refractivity contribution < 1.29 is 4.74 Å². The van der Waals surface area contributed by atoms with Crippen LogP contribution in [0, 0.1) is 11.3 Å². The molecule has 25 heavy (non-hydrogen) atoms. The van der Waals surface area contributed by atoms with E-state index < -0.39 is 10.9 Å². The van der Waals surface area contributed by atoms with E-state index in [0.717, 1.165) is 0 Å². The molecule has 0 heterocycles. The van der Waals surface area contributed by atoms with Crippen molar-refractivity contribution >= 4 is 17.1 Å². The zero-order chi connectivity index (χ0) is 18.2. The van der Waals surface area contributed by atoms with Crippen LogP contribution in [-0.2, 0) is 0 Å². The fourth-order valence-corrected chi connectivity index (χ4v) is 2.07. The van der Waals surface area contributed by atoms with Crippen LogP contribution in [0.15, 0.2) is 70.4 Å². The van der Waals surface area contributed by atoms with Gasteiger partial charge in [0.15, 0.2) is 0 Å². The average Bonchev–Trinajstić information content (AvgIpc) is 2.64. The lowest BCUT2D eigenvalue weighted by molar-refractivity contribution is 0.342. The summed E-state index contributed by atoms with van der Waals surface area (Å²) in [5, 5.41) is 14.5. The van der Waals surface area contributed by atoms with Gasteiger partial charge in [0.25, 0.3) is 10.9 Å². The first-order chi connectivity index (χ1) is 12.1. The molecule has 0 aliphatic heterocycles. The summed E-state index contributed by atoms with van der Waals surface area (Å²) in [5.41, 5.74) is 0.123. The second-order valence-corrected chi connectivity index (χ2v) is 4.90. The highest BCUT2D eigenvalue weighted by Gasteiger charge is 2.21. The third-order valence-electron chi connectivity index (χ3n) is 3.31. The van der Waals surface area contributed by atoms with Gasteiger partial charge in [0.2, 0.25) is 0 Å². The molecule has 126 valence electrons. The van der Waals surface area contributed by atoms with E-state index in [1.165, 1.54) is 18.4 Å². The quantitative estimate of drug-likeness (QED) is 0.438. The summed E-state index contributed by atoms with van der Waals surface area (Å²) in [4.78, 5) is 23.6. The maximum Gasteiger partial charge on any atom is 0.253 e. The van der Waals surface area contributed by atoms with Crippen LogP contribution in [0.5, 0.6) is 5.75 Å². The van der Waals surface area contributed by atoms with E-state index in [2.05, 4.69) is 17.2 Å². The largest absolute Gasteiger partial charge is 0.492 e. The number of benzene rings is 1. The molecule has 0 atom stereocenters. The van der Waals surface area contributed by atoms with Gasteiger partial charge in [0, 0.05) is 6.20 Å². The second-order valence-electron chi connectivity index (χ2n) is 4.90. The molecule has 0 aliphatic carbocycles. The van der Waals surface area contributed by atoms with Gasteiger partial charge < -0.3 is 15.4 Å². The highest BCUT2D eigenvalue weighted by molar-refractivity contribution is 5.81. The molecule has 0 amide bonds. The minimum atomic E-state index is -0.603. The Hall–Kier alpha value is -3.59. The van der Waals surface area contributed by atoms with Crippen LogP contribution in [0.3, 0.4) is 0 Å². The Morgan fingerprint density at radius 1 is 1.28 bits per heavy atom. The Morgan fingerprint density at radius 2 is 2.00 bits per heavy atom. The van der Waals surface area contributed by atoms with Crippen molar-refractivity contribution in [1.29, 1.82) is 5.26 Å². The van der Waals surface area contributed by atoms with Crippen molar-refractivity contribution in [2.45, 2.75) is 6.92 Å². The minimum Gasteiger partial charge on any atom is -0.492 e. The standard InChI is InChI=1S/C19H17N3O3/c1-3-13(12-20)8-7-11-21-16-17(19(24)18(16)23)22-14-9-5-6-10-15(14)25-4-2/h3,5-11,21-22H,1,4H2,2H3/b11-7+,13-8+. The fraction of sp³-hybridized carbons (Fsp3) is 0.105. The molecular formula is C19H17N3O3. The number of ether oxygens (including phenoxy) is 1. The molecule has 2 rings (SSSR count). The highest BCUT2D eigenvalue weighted by atomic mass is 16.5. The lowest BCUT2D eigenvalue weighted by Crippen LogP contribution is -2.35. The molecule has 0 fully saturated rings. The molecule has 0 unspecified atom stereocenters. The Labute approximate surface area is 145 Å². The van der Waals surface area contributed by atoms with Gasteiger partial charge in [-0.3, -0.25) is 9.59 Å². The predicted molar refractivity (Wildman–Crippen MR) is 98.9 cm³/mol. The monoisotopic (exact) mass is 335 g/mol. The van der Waals surface area contributed by atoms with Gasteiger partial charge in [-0.15, -0.1) is 0 Å². The summed E-state index contributed by atoms with van der Waals surface area (Å²) in [6, 6.07) is 9.09. The Bertz CT molecular complexity index is 942. The van der Waals surface area contributed by atoms with E-state index in [9.17, 15) is 9.59 Å². The maximum atomic E-state index is 11.8. The average molecular weight is 335 g/mol. The first-order valence-corrected chi connectivity index (χ1v) is 7.60. The molecule has 0 saturated heterocycles. The Balaban J connectivity index is 2.19. The normalized spacial score (nSPS) is 11.3. The van der Waals surface area contributed by atoms with Crippen molar-refractivity contribution in [3.63, 3.8) is 0 Å². The number of para-hydroxylation sites is 2. The number of hydrogen-bond donors (Lipinski definition) is 2. The molecular weight excluding hydrogens is 318 g/mol. The first kappa shape index (κ1) is 17.8. The van der Waals surface area contributed by atoms with Crippen molar-refractivity contribution in [3.05, 3.63) is 81.3 Å². The number of nitriles is 1. The summed E-state index contributed by atoms with van der Waals surface area (Å²) in [6.45, 7) is 5.84. The van der Waals surface area contributed by atoms with Gasteiger partial charge in [-0.25, -0.2) is 0 Å². The van der Waals surface area contributed by atoms with Crippen molar-refractivity contribution in [1.82, 2.24) is 0 Å². The van der Waals surface area contributed by atoms with Crippen LogP contribution in [0.25, 0.3) is 0 Å². The first-order valence-electron chi connectivity index (χ1n) is 7.60. The van der Waals surface area contributed by atoms with Crippen LogP contribution in [0.1, 0.15) is 6.92 Å². The number of anilines is 3. The summed E-state index contributed by atoms with van der Waals surface area (Å²) in [7, 11) is 0. The third kappa shape index (κ3) is 4.03. The third-order valence-corrected chi connectivity index (χ3v) is 3.31. The molecule has 0 bridgehead atoms. The smallest absolute Gasteiger partial charge is 0.253 e. The van der Waals surface area contributed by atoms with E-state index in [1.54, 1.807) is 24.3 Å². The zero-order valence-corrected chi connectivity index (χ0v) is 13.7. The van der Waals surface area contributed by atoms with Gasteiger partial charge in [0.05, 0.1) is 23.9 Å². The molecule has 0 saturated carbocycles. The lowest BCUT2D eigenvalue weighted by Gasteiger charge is -2.15.